The van der Waals surface area contributed by atoms with Crippen LogP contribution in [0.3, 0.4) is 0 Å². The number of ether oxygens (including phenoxy) is 1. The summed E-state index contributed by atoms with van der Waals surface area (Å²) >= 11 is 0. The van der Waals surface area contributed by atoms with E-state index >= 15 is 0 Å². The number of rotatable bonds is 4. The summed E-state index contributed by atoms with van der Waals surface area (Å²) in [7, 11) is 1.58. The molecule has 0 aliphatic heterocycles. The SMILES string of the molecule is COc1ncnc(NCc2cccc(C#N)c2)c1C. The zero-order valence-corrected chi connectivity index (χ0v) is 10.8. The van der Waals surface area contributed by atoms with E-state index in [0.29, 0.717) is 18.0 Å². The van der Waals surface area contributed by atoms with Crippen LogP contribution in [0.5, 0.6) is 5.88 Å². The average Bonchev–Trinajstić information content (AvgIpc) is 2.46. The van der Waals surface area contributed by atoms with Crippen molar-refractivity contribution in [2.75, 3.05) is 12.4 Å². The maximum absolute atomic E-state index is 8.85. The molecule has 5 heteroatoms. The van der Waals surface area contributed by atoms with E-state index in [2.05, 4.69) is 21.4 Å². The van der Waals surface area contributed by atoms with Crippen molar-refractivity contribution in [1.29, 1.82) is 5.26 Å². The smallest absolute Gasteiger partial charge is 0.221 e. The lowest BCUT2D eigenvalue weighted by Gasteiger charge is -2.10. The first-order valence-corrected chi connectivity index (χ1v) is 5.83. The number of nitrogens with one attached hydrogen (secondary N) is 1. The number of anilines is 1. The Morgan fingerprint density at radius 2 is 2.21 bits per heavy atom. The lowest BCUT2D eigenvalue weighted by atomic mass is 10.1. The van der Waals surface area contributed by atoms with Crippen LogP contribution in [0.4, 0.5) is 5.82 Å². The molecule has 1 heterocycles. The van der Waals surface area contributed by atoms with Gasteiger partial charge in [0.15, 0.2) is 0 Å². The van der Waals surface area contributed by atoms with Gasteiger partial charge in [-0.2, -0.15) is 5.26 Å². The van der Waals surface area contributed by atoms with Gasteiger partial charge in [-0.05, 0) is 24.6 Å². The molecule has 0 radical (unpaired) electrons. The second-order valence-corrected chi connectivity index (χ2v) is 4.02. The Kier molecular flexibility index (Phi) is 3.94. The molecule has 1 N–H and O–H groups in total. The van der Waals surface area contributed by atoms with Crippen LogP contribution in [0, 0.1) is 18.3 Å². The van der Waals surface area contributed by atoms with E-state index in [9.17, 15) is 0 Å². The second-order valence-electron chi connectivity index (χ2n) is 4.02. The molecule has 0 bridgehead atoms. The predicted molar refractivity (Wildman–Crippen MR) is 71.8 cm³/mol. The number of methoxy groups -OCH3 is 1. The molecule has 1 aromatic heterocycles. The zero-order chi connectivity index (χ0) is 13.7. The standard InChI is InChI=1S/C14H14N4O/c1-10-13(17-9-18-14(10)19-2)16-8-12-5-3-4-11(6-12)7-15/h3-6,9H,8H2,1-2H3,(H,16,17,18). The lowest BCUT2D eigenvalue weighted by molar-refractivity contribution is 0.393. The Morgan fingerprint density at radius 3 is 2.95 bits per heavy atom. The van der Waals surface area contributed by atoms with Gasteiger partial charge in [0.05, 0.1) is 24.3 Å². The van der Waals surface area contributed by atoms with E-state index in [1.165, 1.54) is 6.33 Å². The largest absolute Gasteiger partial charge is 0.481 e. The summed E-state index contributed by atoms with van der Waals surface area (Å²) in [5.74, 6) is 1.29. The molecule has 0 atom stereocenters. The second kappa shape index (κ2) is 5.83. The number of nitriles is 1. The van der Waals surface area contributed by atoms with Gasteiger partial charge in [-0.15, -0.1) is 0 Å². The van der Waals surface area contributed by atoms with Crippen LogP contribution in [0.25, 0.3) is 0 Å². The van der Waals surface area contributed by atoms with Crippen LogP contribution >= 0.6 is 0 Å². The maximum atomic E-state index is 8.85. The van der Waals surface area contributed by atoms with Gasteiger partial charge in [-0.25, -0.2) is 9.97 Å². The average molecular weight is 254 g/mol. The summed E-state index contributed by atoms with van der Waals surface area (Å²) in [5, 5.41) is 12.1. The maximum Gasteiger partial charge on any atom is 0.221 e. The van der Waals surface area contributed by atoms with E-state index < -0.39 is 0 Å². The van der Waals surface area contributed by atoms with Gasteiger partial charge in [0.2, 0.25) is 5.88 Å². The number of hydrogen-bond donors (Lipinski definition) is 1. The highest BCUT2D eigenvalue weighted by Crippen LogP contribution is 2.20. The third-order valence-corrected chi connectivity index (χ3v) is 2.75. The van der Waals surface area contributed by atoms with Crippen LogP contribution in [-0.2, 0) is 6.54 Å². The van der Waals surface area contributed by atoms with Gasteiger partial charge < -0.3 is 10.1 Å². The zero-order valence-electron chi connectivity index (χ0n) is 10.8. The van der Waals surface area contributed by atoms with Crippen LogP contribution in [0.15, 0.2) is 30.6 Å². The third-order valence-electron chi connectivity index (χ3n) is 2.75. The van der Waals surface area contributed by atoms with Crippen molar-refractivity contribution in [2.45, 2.75) is 13.5 Å². The molecule has 5 nitrogen and oxygen atoms in total. The molecule has 0 aliphatic rings. The Morgan fingerprint density at radius 1 is 1.37 bits per heavy atom. The van der Waals surface area contributed by atoms with Gasteiger partial charge in [0.1, 0.15) is 12.1 Å². The quantitative estimate of drug-likeness (QED) is 0.906. The highest BCUT2D eigenvalue weighted by atomic mass is 16.5. The Labute approximate surface area is 111 Å². The molecule has 0 amide bonds. The van der Waals surface area contributed by atoms with Crippen LogP contribution in [0.1, 0.15) is 16.7 Å². The first kappa shape index (κ1) is 12.8. The normalized spacial score (nSPS) is 9.74. The van der Waals surface area contributed by atoms with Crippen molar-refractivity contribution in [1.82, 2.24) is 9.97 Å². The van der Waals surface area contributed by atoms with Gasteiger partial charge in [-0.1, -0.05) is 12.1 Å². The van der Waals surface area contributed by atoms with Crippen molar-refractivity contribution in [2.24, 2.45) is 0 Å². The minimum Gasteiger partial charge on any atom is -0.481 e. The van der Waals surface area contributed by atoms with Gasteiger partial charge in [-0.3, -0.25) is 0 Å². The number of benzene rings is 1. The minimum atomic E-state index is 0.559. The fourth-order valence-corrected chi connectivity index (χ4v) is 1.75. The number of aromatic nitrogens is 2. The summed E-state index contributed by atoms with van der Waals surface area (Å²) in [6, 6.07) is 9.57. The highest BCUT2D eigenvalue weighted by Gasteiger charge is 2.06. The molecule has 19 heavy (non-hydrogen) atoms. The molecular formula is C14H14N4O. The molecule has 2 rings (SSSR count). The summed E-state index contributed by atoms with van der Waals surface area (Å²) in [6.07, 6.45) is 1.46. The Hall–Kier alpha value is -2.61. The molecule has 0 aliphatic carbocycles. The predicted octanol–water partition coefficient (Wildman–Crippen LogP) is 2.28. The third kappa shape index (κ3) is 2.99. The van der Waals surface area contributed by atoms with Crippen molar-refractivity contribution >= 4 is 5.82 Å². The Balaban J connectivity index is 2.12. The molecule has 96 valence electrons. The molecule has 0 unspecified atom stereocenters. The Bertz CT molecular complexity index is 619. The van der Waals surface area contributed by atoms with Crippen molar-refractivity contribution in [3.05, 3.63) is 47.3 Å². The fourth-order valence-electron chi connectivity index (χ4n) is 1.75. The van der Waals surface area contributed by atoms with Crippen molar-refractivity contribution in [3.63, 3.8) is 0 Å². The summed E-state index contributed by atoms with van der Waals surface area (Å²) < 4.78 is 5.14. The first-order valence-electron chi connectivity index (χ1n) is 5.83. The molecule has 2 aromatic rings. The van der Waals surface area contributed by atoms with E-state index in [0.717, 1.165) is 16.9 Å². The van der Waals surface area contributed by atoms with Gasteiger partial charge in [0, 0.05) is 6.54 Å². The monoisotopic (exact) mass is 254 g/mol. The molecule has 0 fully saturated rings. The molecular weight excluding hydrogens is 240 g/mol. The van der Waals surface area contributed by atoms with E-state index in [4.69, 9.17) is 10.00 Å². The van der Waals surface area contributed by atoms with E-state index in [-0.39, 0.29) is 0 Å². The molecule has 0 saturated heterocycles. The first-order chi connectivity index (χ1) is 9.24. The van der Waals surface area contributed by atoms with Crippen LogP contribution in [-0.4, -0.2) is 17.1 Å². The molecule has 1 aromatic carbocycles. The van der Waals surface area contributed by atoms with Crippen molar-refractivity contribution < 1.29 is 4.74 Å². The fraction of sp³-hybridized carbons (Fsp3) is 0.214. The molecule has 0 spiro atoms. The summed E-state index contributed by atoms with van der Waals surface area (Å²) in [6.45, 7) is 2.49. The minimum absolute atomic E-state index is 0.559. The lowest BCUT2D eigenvalue weighted by Crippen LogP contribution is -2.05. The topological polar surface area (TPSA) is 70.8 Å². The van der Waals surface area contributed by atoms with Gasteiger partial charge >= 0.3 is 0 Å². The van der Waals surface area contributed by atoms with E-state index in [1.54, 1.807) is 13.2 Å². The van der Waals surface area contributed by atoms with E-state index in [1.807, 2.05) is 25.1 Å². The summed E-state index contributed by atoms with van der Waals surface area (Å²) in [4.78, 5) is 8.20. The highest BCUT2D eigenvalue weighted by molar-refractivity contribution is 5.48. The van der Waals surface area contributed by atoms with Crippen molar-refractivity contribution in [3.8, 4) is 11.9 Å². The number of hydrogen-bond acceptors (Lipinski definition) is 5. The molecule has 0 saturated carbocycles. The van der Waals surface area contributed by atoms with Gasteiger partial charge in [0.25, 0.3) is 0 Å². The van der Waals surface area contributed by atoms with Crippen LogP contribution < -0.4 is 10.1 Å². The number of nitrogens with zero attached hydrogens (tertiary/aromatic N) is 3. The van der Waals surface area contributed by atoms with Crippen LogP contribution in [0.2, 0.25) is 0 Å². The summed E-state index contributed by atoms with van der Waals surface area (Å²) in [5.41, 5.74) is 2.54.